The molecule has 3 rings (SSSR count). The van der Waals surface area contributed by atoms with Gasteiger partial charge in [0.25, 0.3) is 0 Å². The van der Waals surface area contributed by atoms with Crippen LogP contribution in [0.5, 0.6) is 5.75 Å². The van der Waals surface area contributed by atoms with E-state index in [2.05, 4.69) is 16.0 Å². The maximum absolute atomic E-state index is 13.7. The zero-order chi connectivity index (χ0) is 33.7. The van der Waals surface area contributed by atoms with E-state index in [1.807, 2.05) is 36.4 Å². The Bertz CT molecular complexity index is 1530. The van der Waals surface area contributed by atoms with Crippen molar-refractivity contribution in [1.82, 2.24) is 16.0 Å². The molecule has 48 heavy (non-hydrogen) atoms. The number of amides is 3. The predicted octanol–water partition coefficient (Wildman–Crippen LogP) is -2.40. The first-order valence-electron chi connectivity index (χ1n) is 14.7. The van der Waals surface area contributed by atoms with Gasteiger partial charge in [0.15, 0.2) is 6.61 Å². The summed E-state index contributed by atoms with van der Waals surface area (Å²) in [5, 5.41) is 26.8. The predicted molar refractivity (Wildman–Crippen MR) is 171 cm³/mol. The first-order valence-corrected chi connectivity index (χ1v) is 14.7. The molecule has 0 aromatic heterocycles. The van der Waals surface area contributed by atoms with Gasteiger partial charge in [-0.25, -0.2) is 14.4 Å². The van der Waals surface area contributed by atoms with Gasteiger partial charge in [-0.3, -0.25) is 9.59 Å². The van der Waals surface area contributed by atoms with Gasteiger partial charge in [-0.2, -0.15) is 0 Å². The molecule has 0 fully saturated rings. The molecule has 0 saturated heterocycles. The van der Waals surface area contributed by atoms with Gasteiger partial charge < -0.3 is 38.5 Å². The maximum Gasteiger partial charge on any atom is 1.00 e. The van der Waals surface area contributed by atoms with E-state index in [1.165, 1.54) is 18.2 Å². The van der Waals surface area contributed by atoms with Crippen molar-refractivity contribution in [2.45, 2.75) is 57.7 Å². The number of aromatic carboxylic acids is 1. The van der Waals surface area contributed by atoms with Crippen molar-refractivity contribution in [3.8, 4) is 5.75 Å². The second-order valence-corrected chi connectivity index (χ2v) is 11.5. The molecule has 0 radical (unpaired) electrons. The number of nitrogens with one attached hydrogen (secondary N) is 3. The van der Waals surface area contributed by atoms with Gasteiger partial charge >= 0.3 is 77.1 Å². The zero-order valence-corrected chi connectivity index (χ0v) is 31.9. The van der Waals surface area contributed by atoms with Crippen molar-refractivity contribution >= 4 is 29.8 Å². The van der Waals surface area contributed by atoms with Crippen LogP contribution in [-0.4, -0.2) is 70.9 Å². The standard InChI is InChI=1S/C34H39N3O9.2Na.2H/c1-34(2,3)46-33(44)37-27(19-23-12-8-5-9-13-23)31(41)36-26(30(40)35-17-16-22-10-6-4-7-11-22)20-24-14-15-28(45-21-29(38)39)25(18-24)32(42)43;;;;/h4-15,18,26-27H,16-17,19-21H2,1-3H3,(H,35,40)(H,36,41)(H,37,44)(H,38,39)(H,42,43);;;;/q;2*+1;2*-1/t26-,27-;;;;/m0..../s1. The maximum atomic E-state index is 13.7. The van der Waals surface area contributed by atoms with E-state index in [0.717, 1.165) is 11.1 Å². The van der Waals surface area contributed by atoms with E-state index in [9.17, 15) is 29.1 Å². The van der Waals surface area contributed by atoms with Crippen LogP contribution in [0.15, 0.2) is 78.9 Å². The van der Waals surface area contributed by atoms with Crippen LogP contribution in [0.3, 0.4) is 0 Å². The molecule has 2 atom stereocenters. The number of carbonyl (C=O) groups is 5. The Morgan fingerprint density at radius 1 is 0.750 bits per heavy atom. The van der Waals surface area contributed by atoms with Crippen LogP contribution in [0, 0.1) is 0 Å². The average molecular weight is 682 g/mol. The second-order valence-electron chi connectivity index (χ2n) is 11.5. The van der Waals surface area contributed by atoms with E-state index in [4.69, 9.17) is 14.6 Å². The molecule has 12 nitrogen and oxygen atoms in total. The Balaban J connectivity index is 0. The number of carboxylic acid groups (broad SMARTS) is 2. The van der Waals surface area contributed by atoms with Crippen LogP contribution in [0.1, 0.15) is 50.7 Å². The fourth-order valence-electron chi connectivity index (χ4n) is 4.46. The van der Waals surface area contributed by atoms with Crippen molar-refractivity contribution in [2.75, 3.05) is 13.2 Å². The Morgan fingerprint density at radius 3 is 1.88 bits per heavy atom. The van der Waals surface area contributed by atoms with Crippen molar-refractivity contribution in [3.05, 3.63) is 101 Å². The minimum absolute atomic E-state index is 0. The number of hydrogen-bond acceptors (Lipinski definition) is 7. The molecule has 14 heteroatoms. The molecule has 0 bridgehead atoms. The zero-order valence-electron chi connectivity index (χ0n) is 29.9. The van der Waals surface area contributed by atoms with Gasteiger partial charge in [-0.15, -0.1) is 0 Å². The molecule has 0 unspecified atom stereocenters. The van der Waals surface area contributed by atoms with Crippen LogP contribution in [0.25, 0.3) is 0 Å². The van der Waals surface area contributed by atoms with E-state index in [1.54, 1.807) is 45.0 Å². The minimum atomic E-state index is -1.36. The molecule has 3 aromatic carbocycles. The number of rotatable bonds is 15. The average Bonchev–Trinajstić information content (AvgIpc) is 2.99. The molecule has 3 amide bonds. The topological polar surface area (TPSA) is 180 Å². The number of aliphatic carboxylic acids is 1. The molecule has 0 aliphatic heterocycles. The quantitative estimate of drug-likeness (QED) is 0.109. The summed E-state index contributed by atoms with van der Waals surface area (Å²) in [6.07, 6.45) is -0.293. The summed E-state index contributed by atoms with van der Waals surface area (Å²) in [5.74, 6) is -3.98. The molecule has 3 aromatic rings. The molecule has 0 aliphatic carbocycles. The number of carbonyl (C=O) groups excluding carboxylic acids is 3. The van der Waals surface area contributed by atoms with E-state index >= 15 is 0 Å². The molecule has 0 heterocycles. The summed E-state index contributed by atoms with van der Waals surface area (Å²) in [6.45, 7) is 4.60. The van der Waals surface area contributed by atoms with Gasteiger partial charge in [-0.05, 0) is 56.0 Å². The van der Waals surface area contributed by atoms with Crippen LogP contribution < -0.4 is 79.8 Å². The Morgan fingerprint density at radius 2 is 1.31 bits per heavy atom. The SMILES string of the molecule is CC(C)(C)OC(=O)N[C@@H](Cc1ccccc1)C(=O)N[C@@H](Cc1ccc(OCC(=O)O)c(C(=O)O)c1)C(=O)NCCc1ccccc1.[H-].[H-].[Na+].[Na+]. The van der Waals surface area contributed by atoms with E-state index < -0.39 is 54.1 Å². The first kappa shape index (κ1) is 42.6. The van der Waals surface area contributed by atoms with Crippen molar-refractivity contribution in [2.24, 2.45) is 0 Å². The summed E-state index contributed by atoms with van der Waals surface area (Å²) in [7, 11) is 0. The van der Waals surface area contributed by atoms with Crippen molar-refractivity contribution < 1.29 is 106 Å². The van der Waals surface area contributed by atoms with Crippen molar-refractivity contribution in [3.63, 3.8) is 0 Å². The summed E-state index contributed by atoms with van der Waals surface area (Å²) >= 11 is 0. The number of carboxylic acids is 2. The van der Waals surface area contributed by atoms with Gasteiger partial charge in [-0.1, -0.05) is 66.7 Å². The minimum Gasteiger partial charge on any atom is -1.00 e. The largest absolute Gasteiger partial charge is 1.00 e. The van der Waals surface area contributed by atoms with Gasteiger partial charge in [0.1, 0.15) is 29.0 Å². The Kier molecular flexibility index (Phi) is 18.5. The van der Waals surface area contributed by atoms with Gasteiger partial charge in [0.05, 0.1) is 0 Å². The molecular weight excluding hydrogens is 640 g/mol. The Labute approximate surface area is 326 Å². The smallest absolute Gasteiger partial charge is 1.00 e. The van der Waals surface area contributed by atoms with Crippen LogP contribution in [0.4, 0.5) is 4.79 Å². The second kappa shape index (κ2) is 20.9. The van der Waals surface area contributed by atoms with Crippen LogP contribution in [0.2, 0.25) is 0 Å². The Hall–Kier alpha value is -3.39. The van der Waals surface area contributed by atoms with Gasteiger partial charge in [0.2, 0.25) is 11.8 Å². The third-order valence-electron chi connectivity index (χ3n) is 6.54. The summed E-state index contributed by atoms with van der Waals surface area (Å²) in [4.78, 5) is 62.7. The first-order chi connectivity index (χ1) is 21.8. The van der Waals surface area contributed by atoms with Gasteiger partial charge in [0, 0.05) is 19.4 Å². The molecule has 0 spiro atoms. The third-order valence-corrected chi connectivity index (χ3v) is 6.54. The summed E-state index contributed by atoms with van der Waals surface area (Å²) in [5.41, 5.74) is 0.994. The van der Waals surface area contributed by atoms with E-state index in [0.29, 0.717) is 12.0 Å². The monoisotopic (exact) mass is 681 g/mol. The molecular formula is C34H41N3Na2O9. The number of benzene rings is 3. The van der Waals surface area contributed by atoms with Crippen molar-refractivity contribution in [1.29, 1.82) is 0 Å². The number of alkyl carbamates (subject to hydrolysis) is 1. The molecule has 0 aliphatic rings. The number of hydrogen-bond donors (Lipinski definition) is 5. The third kappa shape index (κ3) is 15.2. The van der Waals surface area contributed by atoms with Crippen LogP contribution >= 0.6 is 0 Å². The summed E-state index contributed by atoms with van der Waals surface area (Å²) in [6, 6.07) is 20.3. The molecule has 5 N–H and O–H groups in total. The summed E-state index contributed by atoms with van der Waals surface area (Å²) < 4.78 is 10.5. The normalized spacial score (nSPS) is 11.7. The van der Waals surface area contributed by atoms with Crippen LogP contribution in [-0.2, 0) is 38.4 Å². The molecule has 248 valence electrons. The fourth-order valence-corrected chi connectivity index (χ4v) is 4.46. The fraction of sp³-hybridized carbons (Fsp3) is 0.324. The molecule has 0 saturated carbocycles. The van der Waals surface area contributed by atoms with E-state index in [-0.39, 0.29) is 92.7 Å². The number of ether oxygens (including phenoxy) is 2.